The molecule has 5 rings (SSSR count). The van der Waals surface area contributed by atoms with Gasteiger partial charge in [0.25, 0.3) is 5.56 Å². The first-order valence-corrected chi connectivity index (χ1v) is 11.9. The van der Waals surface area contributed by atoms with E-state index in [-0.39, 0.29) is 21.4 Å². The summed E-state index contributed by atoms with van der Waals surface area (Å²) in [5, 5.41) is 7.94. The molecule has 2 N–H and O–H groups in total. The zero-order valence-electron chi connectivity index (χ0n) is 17.5. The minimum Gasteiger partial charge on any atom is -0.465 e. The van der Waals surface area contributed by atoms with E-state index in [0.717, 1.165) is 19.3 Å². The van der Waals surface area contributed by atoms with Gasteiger partial charge in [-0.15, -0.1) is 0 Å². The number of anilines is 2. The number of fused-ring (bicyclic) bond motifs is 1. The SMILES string of the molecule is COC(=O)c1c[nH]c(=O)c2c(Nc3ccc(S(=O)(=O)N4CCC4)cc3)nn(CC3CC3)c12. The van der Waals surface area contributed by atoms with Gasteiger partial charge in [-0.25, -0.2) is 13.2 Å². The van der Waals surface area contributed by atoms with Crippen molar-refractivity contribution >= 4 is 38.4 Å². The van der Waals surface area contributed by atoms with Crippen molar-refractivity contribution in [2.45, 2.75) is 30.7 Å². The molecule has 0 atom stereocenters. The number of pyridine rings is 1. The first-order valence-electron chi connectivity index (χ1n) is 10.5. The fourth-order valence-corrected chi connectivity index (χ4v) is 5.30. The quantitative estimate of drug-likeness (QED) is 0.520. The van der Waals surface area contributed by atoms with Crippen LogP contribution in [-0.4, -0.2) is 53.7 Å². The lowest BCUT2D eigenvalue weighted by Gasteiger charge is -2.29. The number of nitrogens with one attached hydrogen (secondary N) is 2. The number of aromatic nitrogens is 3. The molecule has 0 bridgehead atoms. The van der Waals surface area contributed by atoms with E-state index in [0.29, 0.717) is 42.6 Å². The van der Waals surface area contributed by atoms with Crippen LogP contribution in [0, 0.1) is 5.92 Å². The lowest BCUT2D eigenvalue weighted by Crippen LogP contribution is -2.41. The molecule has 2 fully saturated rings. The van der Waals surface area contributed by atoms with E-state index in [4.69, 9.17) is 4.74 Å². The monoisotopic (exact) mass is 457 g/mol. The standard InChI is InChI=1S/C21H23N5O5S/c1-31-21(28)16-11-22-20(27)17-18(16)26(12-13-3-4-13)24-19(17)23-14-5-7-15(8-6-14)32(29,30)25-9-2-10-25/h5-8,11,13H,2-4,9-10,12H2,1H3,(H,22,27)(H,23,24). The summed E-state index contributed by atoms with van der Waals surface area (Å²) in [6, 6.07) is 6.33. The maximum absolute atomic E-state index is 12.7. The van der Waals surface area contributed by atoms with Crippen molar-refractivity contribution in [2.24, 2.45) is 5.92 Å². The van der Waals surface area contributed by atoms with Crippen LogP contribution in [0.2, 0.25) is 0 Å². The number of rotatable bonds is 7. The molecule has 0 radical (unpaired) electrons. The number of carbonyl (C=O) groups is 1. The number of nitrogens with zero attached hydrogens (tertiary/aromatic N) is 3. The molecular formula is C21H23N5O5S. The summed E-state index contributed by atoms with van der Waals surface area (Å²) in [5.74, 6) is 0.197. The largest absolute Gasteiger partial charge is 0.465 e. The number of hydrogen-bond donors (Lipinski definition) is 2. The summed E-state index contributed by atoms with van der Waals surface area (Å²) in [6.07, 6.45) is 4.37. The van der Waals surface area contributed by atoms with Gasteiger partial charge in [0, 0.05) is 31.5 Å². The average molecular weight is 458 g/mol. The zero-order chi connectivity index (χ0) is 22.5. The van der Waals surface area contributed by atoms with Gasteiger partial charge in [0.1, 0.15) is 10.9 Å². The molecule has 0 unspecified atom stereocenters. The summed E-state index contributed by atoms with van der Waals surface area (Å²) in [6.45, 7) is 1.68. The Labute approximate surface area is 184 Å². The lowest BCUT2D eigenvalue weighted by molar-refractivity contribution is 0.0602. The van der Waals surface area contributed by atoms with Crippen LogP contribution in [0.1, 0.15) is 29.6 Å². The van der Waals surface area contributed by atoms with Gasteiger partial charge in [-0.05, 0) is 49.4 Å². The van der Waals surface area contributed by atoms with Crippen LogP contribution < -0.4 is 10.9 Å². The lowest BCUT2D eigenvalue weighted by atomic mass is 10.2. The molecule has 11 heteroatoms. The number of esters is 1. The van der Waals surface area contributed by atoms with Gasteiger partial charge in [0.2, 0.25) is 10.0 Å². The Balaban J connectivity index is 1.53. The predicted octanol–water partition coefficient (Wildman–Crippen LogP) is 2.06. The molecular weight excluding hydrogens is 434 g/mol. The van der Waals surface area contributed by atoms with Crippen molar-refractivity contribution in [1.29, 1.82) is 0 Å². The number of hydrogen-bond acceptors (Lipinski definition) is 7. The van der Waals surface area contributed by atoms with Gasteiger partial charge >= 0.3 is 5.97 Å². The van der Waals surface area contributed by atoms with Crippen LogP contribution in [0.4, 0.5) is 11.5 Å². The van der Waals surface area contributed by atoms with Crippen molar-refractivity contribution in [3.05, 3.63) is 46.4 Å². The second-order valence-electron chi connectivity index (χ2n) is 8.13. The molecule has 3 aromatic rings. The molecule has 10 nitrogen and oxygen atoms in total. The number of aromatic amines is 1. The normalized spacial score (nSPS) is 16.7. The predicted molar refractivity (Wildman–Crippen MR) is 118 cm³/mol. The Morgan fingerprint density at radius 1 is 1.25 bits per heavy atom. The van der Waals surface area contributed by atoms with Crippen LogP contribution >= 0.6 is 0 Å². The molecule has 0 amide bonds. The van der Waals surface area contributed by atoms with Gasteiger partial charge in [-0.1, -0.05) is 0 Å². The van der Waals surface area contributed by atoms with Crippen LogP contribution in [0.15, 0.2) is 40.2 Å². The van der Waals surface area contributed by atoms with Gasteiger partial charge in [0.05, 0.1) is 17.5 Å². The Hall–Kier alpha value is -3.18. The molecule has 1 saturated carbocycles. The van der Waals surface area contributed by atoms with Crippen molar-refractivity contribution < 1.29 is 17.9 Å². The van der Waals surface area contributed by atoms with E-state index >= 15 is 0 Å². The molecule has 2 aromatic heterocycles. The first-order chi connectivity index (χ1) is 15.4. The smallest absolute Gasteiger partial charge is 0.341 e. The summed E-state index contributed by atoms with van der Waals surface area (Å²) in [4.78, 5) is 27.8. The summed E-state index contributed by atoms with van der Waals surface area (Å²) in [5.41, 5.74) is 0.855. The molecule has 3 heterocycles. The highest BCUT2D eigenvalue weighted by atomic mass is 32.2. The summed E-state index contributed by atoms with van der Waals surface area (Å²) >= 11 is 0. The second kappa shape index (κ2) is 7.75. The van der Waals surface area contributed by atoms with Crippen molar-refractivity contribution in [3.63, 3.8) is 0 Å². The van der Waals surface area contributed by atoms with Crippen LogP contribution in [0.3, 0.4) is 0 Å². The second-order valence-corrected chi connectivity index (χ2v) is 10.1. The molecule has 0 spiro atoms. The molecule has 1 aromatic carbocycles. The molecule has 1 aliphatic carbocycles. The number of ether oxygens (including phenoxy) is 1. The van der Waals surface area contributed by atoms with Crippen LogP contribution in [0.5, 0.6) is 0 Å². The zero-order valence-corrected chi connectivity index (χ0v) is 18.3. The first kappa shape index (κ1) is 20.7. The van der Waals surface area contributed by atoms with Crippen molar-refractivity contribution in [1.82, 2.24) is 19.1 Å². The highest BCUT2D eigenvalue weighted by Gasteiger charge is 2.30. The van der Waals surface area contributed by atoms with E-state index in [1.54, 1.807) is 16.8 Å². The van der Waals surface area contributed by atoms with Crippen molar-refractivity contribution in [2.75, 3.05) is 25.5 Å². The van der Waals surface area contributed by atoms with Gasteiger partial charge in [-0.2, -0.15) is 9.40 Å². The summed E-state index contributed by atoms with van der Waals surface area (Å²) < 4.78 is 33.1. The Kier molecular flexibility index (Phi) is 5.01. The Morgan fingerprint density at radius 3 is 2.56 bits per heavy atom. The van der Waals surface area contributed by atoms with E-state index < -0.39 is 16.0 Å². The fraction of sp³-hybridized carbons (Fsp3) is 0.381. The third-order valence-corrected chi connectivity index (χ3v) is 7.80. The number of carbonyl (C=O) groups excluding carboxylic acids is 1. The van der Waals surface area contributed by atoms with Crippen LogP contribution in [-0.2, 0) is 21.3 Å². The topological polar surface area (TPSA) is 126 Å². The van der Waals surface area contributed by atoms with E-state index in [9.17, 15) is 18.0 Å². The summed E-state index contributed by atoms with van der Waals surface area (Å²) in [7, 11) is -2.19. The molecule has 32 heavy (non-hydrogen) atoms. The number of sulfonamides is 1. The highest BCUT2D eigenvalue weighted by Crippen LogP contribution is 2.34. The van der Waals surface area contributed by atoms with Gasteiger partial charge in [-0.3, -0.25) is 9.48 Å². The van der Waals surface area contributed by atoms with E-state index in [1.807, 2.05) is 0 Å². The fourth-order valence-electron chi connectivity index (χ4n) is 3.78. The minimum absolute atomic E-state index is 0.220. The third-order valence-electron chi connectivity index (χ3n) is 5.89. The molecule has 2 aliphatic rings. The molecule has 1 aliphatic heterocycles. The Bertz CT molecular complexity index is 1350. The average Bonchev–Trinajstić information content (AvgIpc) is 3.48. The molecule has 1 saturated heterocycles. The maximum Gasteiger partial charge on any atom is 0.341 e. The Morgan fingerprint density at radius 2 is 1.97 bits per heavy atom. The van der Waals surface area contributed by atoms with Gasteiger partial charge < -0.3 is 15.0 Å². The van der Waals surface area contributed by atoms with Crippen LogP contribution in [0.25, 0.3) is 10.9 Å². The maximum atomic E-state index is 12.7. The van der Waals surface area contributed by atoms with E-state index in [1.165, 1.54) is 29.7 Å². The number of benzene rings is 1. The number of H-pyrrole nitrogens is 1. The van der Waals surface area contributed by atoms with E-state index in [2.05, 4.69) is 15.4 Å². The third kappa shape index (κ3) is 3.56. The highest BCUT2D eigenvalue weighted by molar-refractivity contribution is 7.89. The number of methoxy groups -OCH3 is 1. The minimum atomic E-state index is -3.47. The van der Waals surface area contributed by atoms with Crippen molar-refractivity contribution in [3.8, 4) is 0 Å². The van der Waals surface area contributed by atoms with Gasteiger partial charge in [0.15, 0.2) is 5.82 Å². The molecule has 168 valence electrons.